The number of phenols is 1. The predicted octanol–water partition coefficient (Wildman–Crippen LogP) is 7.07. The predicted molar refractivity (Wildman–Crippen MR) is 230 cm³/mol. The van der Waals surface area contributed by atoms with Gasteiger partial charge in [-0.2, -0.15) is 0 Å². The van der Waals surface area contributed by atoms with Crippen LogP contribution in [0.4, 0.5) is 4.79 Å². The van der Waals surface area contributed by atoms with Crippen molar-refractivity contribution >= 4 is 22.9 Å². The number of amides is 2. The number of aliphatic hydroxyl groups is 1. The number of nitrogens with one attached hydrogen (secondary N) is 2. The number of rotatable bonds is 16. The van der Waals surface area contributed by atoms with Crippen molar-refractivity contribution in [2.45, 2.75) is 75.8 Å². The van der Waals surface area contributed by atoms with Crippen molar-refractivity contribution in [3.05, 3.63) is 141 Å². The van der Waals surface area contributed by atoms with Crippen LogP contribution in [0.5, 0.6) is 11.5 Å². The normalized spacial score (nSPS) is 19.9. The first-order chi connectivity index (χ1) is 29.2. The fourth-order valence-corrected chi connectivity index (χ4v) is 9.63. The molecule has 3 atom stereocenters. The number of hydrogen-bond acceptors (Lipinski definition) is 8. The molecule has 5 N–H and O–H groups in total. The number of fused-ring (bicyclic) bond motifs is 4. The number of carbonyl (C=O) groups excluding carboxylic acids is 1. The van der Waals surface area contributed by atoms with Crippen LogP contribution in [0.1, 0.15) is 89.7 Å². The van der Waals surface area contributed by atoms with Crippen LogP contribution in [-0.2, 0) is 6.61 Å². The number of ether oxygens (including phenoxy) is 1. The van der Waals surface area contributed by atoms with Gasteiger partial charge >= 0.3 is 6.09 Å². The molecular formula is C48H55N5O7. The number of pyridine rings is 1. The number of benzene rings is 4. The molecule has 60 heavy (non-hydrogen) atoms. The average molecular weight is 814 g/mol. The zero-order valence-corrected chi connectivity index (χ0v) is 33.9. The lowest BCUT2D eigenvalue weighted by molar-refractivity contribution is -0.000814. The lowest BCUT2D eigenvalue weighted by atomic mass is 9.81. The molecule has 4 fully saturated rings. The Morgan fingerprint density at radius 1 is 0.883 bits per heavy atom. The Hall–Kier alpha value is -5.69. The second-order valence-corrected chi connectivity index (χ2v) is 16.6. The van der Waals surface area contributed by atoms with Gasteiger partial charge in [-0.3, -0.25) is 14.5 Å². The number of aromatic amines is 1. The summed E-state index contributed by atoms with van der Waals surface area (Å²) >= 11 is 0. The van der Waals surface area contributed by atoms with Gasteiger partial charge in [-0.15, -0.1) is 0 Å². The molecule has 4 aliphatic rings. The third-order valence-corrected chi connectivity index (χ3v) is 12.8. The van der Waals surface area contributed by atoms with Gasteiger partial charge in [-0.1, -0.05) is 73.5 Å². The van der Waals surface area contributed by atoms with Crippen LogP contribution in [0.25, 0.3) is 10.9 Å². The maximum Gasteiger partial charge on any atom is 0.408 e. The van der Waals surface area contributed by atoms with Crippen LogP contribution in [0.3, 0.4) is 0 Å². The fraction of sp³-hybridized carbons (Fsp3) is 0.396. The molecule has 1 saturated carbocycles. The van der Waals surface area contributed by atoms with E-state index in [0.29, 0.717) is 53.2 Å². The highest BCUT2D eigenvalue weighted by Crippen LogP contribution is 2.39. The summed E-state index contributed by atoms with van der Waals surface area (Å²) in [6.45, 7) is 4.56. The highest BCUT2D eigenvalue weighted by molar-refractivity contribution is 5.94. The van der Waals surface area contributed by atoms with E-state index < -0.39 is 18.2 Å². The minimum Gasteiger partial charge on any atom is -0.506 e. The van der Waals surface area contributed by atoms with Crippen molar-refractivity contribution in [1.82, 2.24) is 25.0 Å². The monoisotopic (exact) mass is 813 g/mol. The highest BCUT2D eigenvalue weighted by atomic mass is 16.5. The number of hydrogen-bond donors (Lipinski definition) is 5. The Labute approximate surface area is 350 Å². The van der Waals surface area contributed by atoms with Crippen LogP contribution < -0.4 is 15.6 Å². The summed E-state index contributed by atoms with van der Waals surface area (Å²) in [6.07, 6.45) is 5.13. The minimum absolute atomic E-state index is 0.00425. The van der Waals surface area contributed by atoms with E-state index in [2.05, 4.69) is 15.2 Å². The lowest BCUT2D eigenvalue weighted by Crippen LogP contribution is -2.59. The van der Waals surface area contributed by atoms with E-state index in [0.717, 1.165) is 74.8 Å². The summed E-state index contributed by atoms with van der Waals surface area (Å²) in [5.41, 5.74) is 3.91. The van der Waals surface area contributed by atoms with Crippen LogP contribution in [0.15, 0.2) is 108 Å². The first-order valence-electron chi connectivity index (χ1n) is 21.4. The standard InChI is InChI=1S/C48H55N5O7/c54-42-20-18-39(40-19-21-44(56)50-45(40)42)43(55)29-49-24-7-25-52(37-11-4-5-12-37)47(57)35-16-14-32(15-17-35)31-60-38-13-6-10-36(28-38)46(34-8-2-1-3-9-34)53(48(58)59)41-30-51-26-22-33(41)23-27-51/h1-3,6,8-10,13-21,28,33,37,41,43,46,49,54-55H,4-5,7,11-12,22-27,29-31H2,(H,50,56)(H,58,59)/t41-,43-,46-/m0/s1. The van der Waals surface area contributed by atoms with E-state index in [1.807, 2.05) is 83.8 Å². The number of aliphatic hydroxyl groups excluding tert-OH is 1. The maximum absolute atomic E-state index is 14.0. The Morgan fingerprint density at radius 3 is 2.35 bits per heavy atom. The Bertz CT molecular complexity index is 2300. The molecule has 4 aromatic carbocycles. The molecule has 3 aliphatic heterocycles. The second kappa shape index (κ2) is 18.7. The summed E-state index contributed by atoms with van der Waals surface area (Å²) in [6, 6.07) is 31.0. The van der Waals surface area contributed by atoms with Crippen LogP contribution in [-0.4, -0.2) is 98.4 Å². The van der Waals surface area contributed by atoms with Crippen LogP contribution in [0.2, 0.25) is 0 Å². The molecule has 2 bridgehead atoms. The number of phenolic OH excluding ortho intramolecular Hbond substituents is 1. The largest absolute Gasteiger partial charge is 0.506 e. The van der Waals surface area contributed by atoms with Crippen molar-refractivity contribution in [2.75, 3.05) is 39.3 Å². The summed E-state index contributed by atoms with van der Waals surface area (Å²) in [7, 11) is 0. The van der Waals surface area contributed by atoms with Crippen molar-refractivity contribution < 1.29 is 29.6 Å². The smallest absolute Gasteiger partial charge is 0.408 e. The van der Waals surface area contributed by atoms with Crippen molar-refractivity contribution in [3.8, 4) is 11.5 Å². The Kier molecular flexibility index (Phi) is 12.8. The molecule has 9 rings (SSSR count). The zero-order valence-electron chi connectivity index (χ0n) is 33.9. The quantitative estimate of drug-likeness (QED) is 0.0657. The van der Waals surface area contributed by atoms with E-state index in [-0.39, 0.29) is 42.5 Å². The van der Waals surface area contributed by atoms with Gasteiger partial charge in [-0.05, 0) is 116 Å². The number of aromatic hydroxyl groups is 1. The molecule has 3 saturated heterocycles. The van der Waals surface area contributed by atoms with Crippen molar-refractivity contribution in [3.63, 3.8) is 0 Å². The summed E-state index contributed by atoms with van der Waals surface area (Å²) in [4.78, 5) is 47.5. The Morgan fingerprint density at radius 2 is 1.63 bits per heavy atom. The third-order valence-electron chi connectivity index (χ3n) is 12.8. The minimum atomic E-state index is -0.913. The van der Waals surface area contributed by atoms with E-state index >= 15 is 0 Å². The molecule has 0 spiro atoms. The van der Waals surface area contributed by atoms with E-state index in [1.54, 1.807) is 17.0 Å². The van der Waals surface area contributed by atoms with Gasteiger partial charge in [0.05, 0.1) is 23.7 Å². The second-order valence-electron chi connectivity index (χ2n) is 16.6. The molecule has 0 unspecified atom stereocenters. The average Bonchev–Trinajstić information content (AvgIpc) is 3.82. The van der Waals surface area contributed by atoms with Crippen LogP contribution >= 0.6 is 0 Å². The zero-order chi connectivity index (χ0) is 41.6. The number of piperidine rings is 3. The van der Waals surface area contributed by atoms with E-state index in [1.165, 1.54) is 12.1 Å². The number of H-pyrrole nitrogens is 1. The number of carboxylic acid groups (broad SMARTS) is 1. The molecule has 1 aromatic heterocycles. The van der Waals surface area contributed by atoms with Crippen LogP contribution in [0, 0.1) is 5.92 Å². The first kappa shape index (κ1) is 41.1. The summed E-state index contributed by atoms with van der Waals surface area (Å²) < 4.78 is 6.32. The first-order valence-corrected chi connectivity index (χ1v) is 21.4. The maximum atomic E-state index is 14.0. The van der Waals surface area contributed by atoms with Gasteiger partial charge in [0.1, 0.15) is 18.1 Å². The molecule has 2 amide bonds. The number of aromatic nitrogens is 1. The lowest BCUT2D eigenvalue weighted by Gasteiger charge is -2.50. The van der Waals surface area contributed by atoms with E-state index in [9.17, 15) is 29.7 Å². The van der Waals surface area contributed by atoms with Gasteiger partial charge in [0.15, 0.2) is 0 Å². The number of nitrogens with zero attached hydrogens (tertiary/aromatic N) is 3. The molecule has 12 nitrogen and oxygen atoms in total. The molecule has 314 valence electrons. The topological polar surface area (TPSA) is 159 Å². The molecular weight excluding hydrogens is 759 g/mol. The van der Waals surface area contributed by atoms with Crippen molar-refractivity contribution in [2.24, 2.45) is 5.92 Å². The fourth-order valence-electron chi connectivity index (χ4n) is 9.63. The van der Waals surface area contributed by atoms with Gasteiger partial charge < -0.3 is 40.2 Å². The van der Waals surface area contributed by atoms with Gasteiger partial charge in [0.2, 0.25) is 5.56 Å². The molecule has 1 aliphatic carbocycles. The highest BCUT2D eigenvalue weighted by Gasteiger charge is 2.43. The third kappa shape index (κ3) is 9.21. The number of carbonyl (C=O) groups is 2. The molecule has 5 aromatic rings. The summed E-state index contributed by atoms with van der Waals surface area (Å²) in [5, 5.41) is 35.8. The van der Waals surface area contributed by atoms with Crippen molar-refractivity contribution in [1.29, 1.82) is 0 Å². The van der Waals surface area contributed by atoms with Gasteiger partial charge in [0.25, 0.3) is 5.91 Å². The molecule has 12 heteroatoms. The SMILES string of the molecule is O=C(c1ccc(COc2cccc([C@H](c3ccccc3)N(C(=O)O)[C@H]3CN4CCC3CC4)c2)cc1)N(CCCNC[C@H](O)c1ccc(O)c2[nH]c(=O)ccc12)C1CCCC1. The Balaban J connectivity index is 0.889. The van der Waals surface area contributed by atoms with Gasteiger partial charge in [0, 0.05) is 42.7 Å². The molecule has 4 heterocycles. The summed E-state index contributed by atoms with van der Waals surface area (Å²) in [5.74, 6) is 0.945. The van der Waals surface area contributed by atoms with E-state index in [4.69, 9.17) is 4.74 Å². The van der Waals surface area contributed by atoms with Gasteiger partial charge in [-0.25, -0.2) is 4.79 Å². The molecule has 0 radical (unpaired) electrons.